The number of carbonyl (C=O) groups is 2. The van der Waals surface area contributed by atoms with E-state index in [0.29, 0.717) is 18.8 Å². The van der Waals surface area contributed by atoms with Gasteiger partial charge in [0.1, 0.15) is 6.04 Å². The molecular weight excluding hydrogens is 402 g/mol. The molecule has 0 spiro atoms. The van der Waals surface area contributed by atoms with E-state index in [-0.39, 0.29) is 29.4 Å². The third-order valence-electron chi connectivity index (χ3n) is 5.17. The van der Waals surface area contributed by atoms with Crippen LogP contribution in [-0.2, 0) is 19.4 Å². The number of anilines is 1. The lowest BCUT2D eigenvalue weighted by Gasteiger charge is -2.34. The third-order valence-corrected chi connectivity index (χ3v) is 6.78. The maximum atomic E-state index is 13.3. The largest absolute Gasteiger partial charge is 0.348 e. The highest BCUT2D eigenvalue weighted by Crippen LogP contribution is 2.25. The van der Waals surface area contributed by atoms with Crippen LogP contribution in [0.25, 0.3) is 0 Å². The molecule has 2 N–H and O–H groups in total. The zero-order chi connectivity index (χ0) is 21.7. The molecule has 7 nitrogen and oxygen atoms in total. The Kier molecular flexibility index (Phi) is 6.89. The van der Waals surface area contributed by atoms with Crippen LogP contribution in [0, 0.1) is 0 Å². The minimum absolute atomic E-state index is 0.0535. The molecule has 2 aromatic carbocycles. The van der Waals surface area contributed by atoms with E-state index in [1.165, 1.54) is 6.92 Å². The number of nitrogens with one attached hydrogen (secondary N) is 2. The zero-order valence-corrected chi connectivity index (χ0v) is 18.0. The van der Waals surface area contributed by atoms with E-state index in [4.69, 9.17) is 0 Å². The molecule has 160 valence electrons. The number of hydrogen-bond donors (Lipinski definition) is 2. The van der Waals surface area contributed by atoms with Gasteiger partial charge in [0.25, 0.3) is 0 Å². The van der Waals surface area contributed by atoms with E-state index < -0.39 is 15.9 Å². The average Bonchev–Trinajstić information content (AvgIpc) is 2.70. The molecule has 2 aromatic rings. The molecule has 0 bridgehead atoms. The Morgan fingerprint density at radius 2 is 1.60 bits per heavy atom. The van der Waals surface area contributed by atoms with E-state index in [0.717, 1.165) is 11.1 Å². The van der Waals surface area contributed by atoms with Crippen LogP contribution in [0.5, 0.6) is 0 Å². The van der Waals surface area contributed by atoms with Gasteiger partial charge in [-0.2, -0.15) is 0 Å². The summed E-state index contributed by atoms with van der Waals surface area (Å²) in [6.45, 7) is 3.97. The van der Waals surface area contributed by atoms with Gasteiger partial charge in [-0.1, -0.05) is 42.5 Å². The second-order valence-corrected chi connectivity index (χ2v) is 9.84. The summed E-state index contributed by atoms with van der Waals surface area (Å²) in [4.78, 5) is 26.5. The molecule has 3 rings (SSSR count). The van der Waals surface area contributed by atoms with E-state index in [1.807, 2.05) is 60.4 Å². The smallest absolute Gasteiger partial charge is 0.242 e. The molecule has 0 aliphatic carbocycles. The fraction of sp³-hybridized carbons (Fsp3) is 0.364. The van der Waals surface area contributed by atoms with Crippen LogP contribution in [0.1, 0.15) is 37.1 Å². The van der Waals surface area contributed by atoms with E-state index in [1.54, 1.807) is 6.07 Å². The highest BCUT2D eigenvalue weighted by Gasteiger charge is 2.33. The summed E-state index contributed by atoms with van der Waals surface area (Å²) in [7, 11) is -3.05. The fourth-order valence-corrected chi connectivity index (χ4v) is 4.84. The van der Waals surface area contributed by atoms with Crippen molar-refractivity contribution in [3.63, 3.8) is 0 Å². The topological polar surface area (TPSA) is 95.6 Å². The predicted octanol–water partition coefficient (Wildman–Crippen LogP) is 2.29. The van der Waals surface area contributed by atoms with Gasteiger partial charge in [-0.15, -0.1) is 0 Å². The zero-order valence-electron chi connectivity index (χ0n) is 17.2. The van der Waals surface area contributed by atoms with Crippen molar-refractivity contribution in [1.82, 2.24) is 10.2 Å². The molecule has 30 heavy (non-hydrogen) atoms. The average molecular weight is 430 g/mol. The molecule has 1 aliphatic heterocycles. The summed E-state index contributed by atoms with van der Waals surface area (Å²) in [6.07, 6.45) is 0. The van der Waals surface area contributed by atoms with Crippen LogP contribution >= 0.6 is 0 Å². The van der Waals surface area contributed by atoms with E-state index in [9.17, 15) is 18.0 Å². The number of sulfone groups is 1. The highest BCUT2D eigenvalue weighted by molar-refractivity contribution is 7.91. The summed E-state index contributed by atoms with van der Waals surface area (Å²) in [5.41, 5.74) is 2.36. The Bertz CT molecular complexity index is 994. The van der Waals surface area contributed by atoms with Crippen molar-refractivity contribution in [2.75, 3.05) is 29.9 Å². The third kappa shape index (κ3) is 5.67. The summed E-state index contributed by atoms with van der Waals surface area (Å²) in [5, 5.41) is 5.80. The van der Waals surface area contributed by atoms with Crippen LogP contribution in [0.2, 0.25) is 0 Å². The maximum Gasteiger partial charge on any atom is 0.242 e. The molecule has 0 saturated carbocycles. The molecule has 1 heterocycles. The number of hydrogen-bond acceptors (Lipinski definition) is 5. The Labute approximate surface area is 177 Å². The van der Waals surface area contributed by atoms with Crippen molar-refractivity contribution >= 4 is 27.3 Å². The van der Waals surface area contributed by atoms with Gasteiger partial charge in [-0.3, -0.25) is 14.5 Å². The summed E-state index contributed by atoms with van der Waals surface area (Å²) < 4.78 is 23.7. The van der Waals surface area contributed by atoms with Crippen molar-refractivity contribution in [1.29, 1.82) is 0 Å². The quantitative estimate of drug-likeness (QED) is 0.735. The molecule has 1 fully saturated rings. The molecule has 2 amide bonds. The van der Waals surface area contributed by atoms with Crippen molar-refractivity contribution in [3.8, 4) is 0 Å². The number of benzene rings is 2. The first-order valence-corrected chi connectivity index (χ1v) is 11.7. The Morgan fingerprint density at radius 3 is 2.23 bits per heavy atom. The van der Waals surface area contributed by atoms with E-state index >= 15 is 0 Å². The second kappa shape index (κ2) is 9.40. The van der Waals surface area contributed by atoms with E-state index in [2.05, 4.69) is 10.6 Å². The lowest BCUT2D eigenvalue weighted by atomic mass is 10.0. The molecule has 1 saturated heterocycles. The van der Waals surface area contributed by atoms with Crippen LogP contribution in [0.3, 0.4) is 0 Å². The predicted molar refractivity (Wildman–Crippen MR) is 117 cm³/mol. The first kappa shape index (κ1) is 22.0. The van der Waals surface area contributed by atoms with Gasteiger partial charge in [0.2, 0.25) is 11.8 Å². The monoisotopic (exact) mass is 429 g/mol. The van der Waals surface area contributed by atoms with Gasteiger partial charge in [-0.05, 0) is 30.2 Å². The molecule has 0 radical (unpaired) electrons. The summed E-state index contributed by atoms with van der Waals surface area (Å²) in [5.74, 6) is -0.235. The SMILES string of the molecule is CC(=O)Nc1cccc(C(C)NC(=O)C(c2ccccc2)N2CCS(=O)(=O)CC2)c1. The molecule has 0 aromatic heterocycles. The lowest BCUT2D eigenvalue weighted by Crippen LogP contribution is -2.47. The highest BCUT2D eigenvalue weighted by atomic mass is 32.2. The molecular formula is C22H27N3O4S. The first-order valence-electron chi connectivity index (χ1n) is 9.92. The number of amides is 2. The van der Waals surface area contributed by atoms with Gasteiger partial charge in [0.05, 0.1) is 17.5 Å². The van der Waals surface area contributed by atoms with Crippen LogP contribution in [-0.4, -0.2) is 49.7 Å². The number of nitrogens with zero attached hydrogens (tertiary/aromatic N) is 1. The van der Waals surface area contributed by atoms with Gasteiger partial charge >= 0.3 is 0 Å². The normalized spacial score (nSPS) is 18.2. The minimum atomic E-state index is -3.05. The standard InChI is InChI=1S/C22H27N3O4S/c1-16(19-9-6-10-20(15-19)24-17(2)26)23-22(27)21(18-7-4-3-5-8-18)25-11-13-30(28,29)14-12-25/h3-10,15-16,21H,11-14H2,1-2H3,(H,23,27)(H,24,26). The molecule has 2 atom stereocenters. The van der Waals surface area contributed by atoms with Crippen molar-refractivity contribution in [2.24, 2.45) is 0 Å². The molecule has 8 heteroatoms. The van der Waals surface area contributed by atoms with Crippen LogP contribution < -0.4 is 10.6 Å². The molecule has 2 unspecified atom stereocenters. The number of rotatable bonds is 6. The Balaban J connectivity index is 1.79. The lowest BCUT2D eigenvalue weighted by molar-refractivity contribution is -0.127. The fourth-order valence-electron chi connectivity index (χ4n) is 3.61. The van der Waals surface area contributed by atoms with Crippen molar-refractivity contribution < 1.29 is 18.0 Å². The first-order chi connectivity index (χ1) is 14.2. The van der Waals surface area contributed by atoms with Gasteiger partial charge in [-0.25, -0.2) is 8.42 Å². The van der Waals surface area contributed by atoms with Crippen molar-refractivity contribution in [3.05, 3.63) is 65.7 Å². The van der Waals surface area contributed by atoms with Gasteiger partial charge < -0.3 is 10.6 Å². The second-order valence-electron chi connectivity index (χ2n) is 7.54. The van der Waals surface area contributed by atoms with Crippen molar-refractivity contribution in [2.45, 2.75) is 25.9 Å². The van der Waals surface area contributed by atoms with Crippen LogP contribution in [0.15, 0.2) is 54.6 Å². The van der Waals surface area contributed by atoms with Gasteiger partial charge in [0.15, 0.2) is 9.84 Å². The van der Waals surface area contributed by atoms with Crippen LogP contribution in [0.4, 0.5) is 5.69 Å². The van der Waals surface area contributed by atoms with Gasteiger partial charge in [0, 0.05) is 25.7 Å². The molecule has 1 aliphatic rings. The maximum absolute atomic E-state index is 13.3. The Hall–Kier alpha value is -2.71. The Morgan fingerprint density at radius 1 is 0.967 bits per heavy atom. The summed E-state index contributed by atoms with van der Waals surface area (Å²) >= 11 is 0. The summed E-state index contributed by atoms with van der Waals surface area (Å²) in [6, 6.07) is 15.9. The minimum Gasteiger partial charge on any atom is -0.348 e. The number of carbonyl (C=O) groups excluding carboxylic acids is 2.